The Morgan fingerprint density at radius 2 is 2.00 bits per heavy atom. The first-order valence-corrected chi connectivity index (χ1v) is 13.6. The van der Waals surface area contributed by atoms with Gasteiger partial charge < -0.3 is 24.4 Å². The average Bonchev–Trinajstić information content (AvgIpc) is 3.20. The average molecular weight is 512 g/mol. The van der Waals surface area contributed by atoms with Gasteiger partial charge in [-0.25, -0.2) is 20.0 Å². The third-order valence-electron chi connectivity index (χ3n) is 4.96. The van der Waals surface area contributed by atoms with E-state index in [4.69, 9.17) is 19.8 Å². The molecule has 13 heteroatoms. The largest absolute Gasteiger partial charge is 0.464 e. The number of nitrogens with zero attached hydrogens (tertiary/aromatic N) is 5. The third kappa shape index (κ3) is 8.87. The first kappa shape index (κ1) is 28.7. The van der Waals surface area contributed by atoms with E-state index in [1.54, 1.807) is 38.6 Å². The van der Waals surface area contributed by atoms with E-state index < -0.39 is 25.1 Å². The second kappa shape index (κ2) is 12.9. The summed E-state index contributed by atoms with van der Waals surface area (Å²) in [6.07, 6.45) is 6.18. The molecule has 2 aromatic rings. The highest BCUT2D eigenvalue weighted by atomic mass is 31.2. The van der Waals surface area contributed by atoms with Crippen LogP contribution < -0.4 is 10.8 Å². The summed E-state index contributed by atoms with van der Waals surface area (Å²) >= 11 is 0. The van der Waals surface area contributed by atoms with E-state index in [0.29, 0.717) is 30.0 Å². The molecular weight excluding hydrogens is 473 g/mol. The lowest BCUT2D eigenvalue weighted by molar-refractivity contribution is -0.149. The fourth-order valence-electron chi connectivity index (χ4n) is 3.16. The Balaban J connectivity index is 2.03. The summed E-state index contributed by atoms with van der Waals surface area (Å²) in [5, 5.41) is 6.65. The first-order valence-electron chi connectivity index (χ1n) is 11.8. The maximum absolute atomic E-state index is 13.6. The summed E-state index contributed by atoms with van der Waals surface area (Å²) < 4.78 is 31.9. The van der Waals surface area contributed by atoms with Crippen LogP contribution in [0.3, 0.4) is 0 Å². The second-order valence-corrected chi connectivity index (χ2v) is 11.2. The van der Waals surface area contributed by atoms with Crippen molar-refractivity contribution in [2.45, 2.75) is 85.4 Å². The Kier molecular flexibility index (Phi) is 10.6. The van der Waals surface area contributed by atoms with Gasteiger partial charge in [0, 0.05) is 0 Å². The van der Waals surface area contributed by atoms with E-state index in [-0.39, 0.29) is 12.2 Å². The Bertz CT molecular complexity index is 1050. The summed E-state index contributed by atoms with van der Waals surface area (Å²) in [6, 6.07) is 0. The third-order valence-corrected chi connectivity index (χ3v) is 6.69. The van der Waals surface area contributed by atoms with Crippen LogP contribution in [0.15, 0.2) is 17.8 Å². The number of imidazole rings is 1. The van der Waals surface area contributed by atoms with Crippen molar-refractivity contribution in [2.24, 2.45) is 5.16 Å². The van der Waals surface area contributed by atoms with E-state index >= 15 is 0 Å². The minimum Gasteiger partial charge on any atom is -0.464 e. The van der Waals surface area contributed by atoms with E-state index in [1.165, 1.54) is 6.33 Å². The Hall–Kier alpha value is -2.56. The highest BCUT2D eigenvalue weighted by Crippen LogP contribution is 2.45. The van der Waals surface area contributed by atoms with Gasteiger partial charge in [-0.15, -0.1) is 0 Å². The zero-order valence-corrected chi connectivity index (χ0v) is 22.4. The quantitative estimate of drug-likeness (QED) is 0.118. The van der Waals surface area contributed by atoms with Gasteiger partial charge >= 0.3 is 13.5 Å². The number of rotatable bonds is 15. The molecular formula is C22H38N7O5P. The molecule has 0 bridgehead atoms. The zero-order chi connectivity index (χ0) is 26.1. The van der Waals surface area contributed by atoms with E-state index in [9.17, 15) is 9.36 Å². The van der Waals surface area contributed by atoms with Crippen LogP contribution in [0, 0.1) is 0 Å². The molecule has 0 aromatic carbocycles. The highest BCUT2D eigenvalue weighted by Gasteiger charge is 2.39. The number of oxime groups is 1. The normalized spacial score (nSPS) is 14.3. The van der Waals surface area contributed by atoms with Crippen LogP contribution in [-0.2, 0) is 30.0 Å². The topological polar surface area (TPSA) is 156 Å². The molecule has 196 valence electrons. The lowest BCUT2D eigenvalue weighted by Crippen LogP contribution is -2.47. The van der Waals surface area contributed by atoms with Gasteiger partial charge in [0.15, 0.2) is 11.5 Å². The lowest BCUT2D eigenvalue weighted by atomic mass is 10.1. The molecule has 2 rings (SSSR count). The summed E-state index contributed by atoms with van der Waals surface area (Å²) in [5.41, 5.74) is 6.20. The summed E-state index contributed by atoms with van der Waals surface area (Å²) in [4.78, 5) is 25.0. The van der Waals surface area contributed by atoms with Crippen LogP contribution in [-0.4, -0.2) is 55.8 Å². The number of nitrogens with two attached hydrogens (primary N) is 1. The van der Waals surface area contributed by atoms with Crippen LogP contribution in [0.5, 0.6) is 0 Å². The number of aromatic nitrogens is 4. The monoisotopic (exact) mass is 511 g/mol. The SMILES string of the molecule is CCCCCCOC(=O)C(C)(C)N[P@@](=O)(CO[C@H](C)Cn1cnc2c(N)ncnc21)ON=C(C)C. The second-order valence-electron chi connectivity index (χ2n) is 9.16. The van der Waals surface area contributed by atoms with Crippen molar-refractivity contribution in [3.63, 3.8) is 0 Å². The number of nitrogens with one attached hydrogen (secondary N) is 1. The molecule has 0 saturated heterocycles. The minimum atomic E-state index is -3.73. The molecule has 3 N–H and O–H groups in total. The number of unbranched alkanes of at least 4 members (excludes halogenated alkanes) is 3. The van der Waals surface area contributed by atoms with E-state index in [0.717, 1.165) is 25.7 Å². The van der Waals surface area contributed by atoms with Gasteiger partial charge in [-0.1, -0.05) is 31.3 Å². The van der Waals surface area contributed by atoms with Crippen molar-refractivity contribution in [1.82, 2.24) is 24.6 Å². The molecule has 2 heterocycles. The molecule has 12 nitrogen and oxygen atoms in total. The van der Waals surface area contributed by atoms with Gasteiger partial charge in [-0.05, 0) is 41.0 Å². The molecule has 2 atom stereocenters. The summed E-state index contributed by atoms with van der Waals surface area (Å²) in [5.74, 6) is -0.234. The van der Waals surface area contributed by atoms with Gasteiger partial charge in [0.1, 0.15) is 23.7 Å². The molecule has 35 heavy (non-hydrogen) atoms. The number of esters is 1. The van der Waals surface area contributed by atoms with Crippen LogP contribution >= 0.6 is 7.52 Å². The number of hydrogen-bond acceptors (Lipinski definition) is 10. The number of hydrogen-bond donors (Lipinski definition) is 2. The predicted octanol–water partition coefficient (Wildman–Crippen LogP) is 3.87. The molecule has 0 aliphatic heterocycles. The highest BCUT2D eigenvalue weighted by molar-refractivity contribution is 7.56. The minimum absolute atomic E-state index is 0.289. The van der Waals surface area contributed by atoms with Crippen LogP contribution in [0.25, 0.3) is 11.2 Å². The molecule has 0 spiro atoms. The smallest absolute Gasteiger partial charge is 0.365 e. The number of ether oxygens (including phenoxy) is 2. The van der Waals surface area contributed by atoms with Crippen molar-refractivity contribution < 1.29 is 23.5 Å². The maximum atomic E-state index is 13.6. The van der Waals surface area contributed by atoms with Crippen molar-refractivity contribution in [1.29, 1.82) is 0 Å². The molecule has 0 aliphatic carbocycles. The van der Waals surface area contributed by atoms with Crippen molar-refractivity contribution in [3.8, 4) is 0 Å². The number of nitrogen functional groups attached to an aromatic ring is 1. The predicted molar refractivity (Wildman–Crippen MR) is 135 cm³/mol. The van der Waals surface area contributed by atoms with Gasteiger partial charge in [0.05, 0.1) is 31.3 Å². The van der Waals surface area contributed by atoms with Crippen molar-refractivity contribution in [2.75, 3.05) is 18.7 Å². The Morgan fingerprint density at radius 1 is 1.26 bits per heavy atom. The van der Waals surface area contributed by atoms with E-state index in [2.05, 4.69) is 32.1 Å². The molecule has 0 saturated carbocycles. The van der Waals surface area contributed by atoms with E-state index in [1.807, 2.05) is 6.92 Å². The van der Waals surface area contributed by atoms with Gasteiger partial charge in [0.2, 0.25) is 0 Å². The molecule has 0 fully saturated rings. The van der Waals surface area contributed by atoms with Gasteiger partial charge in [-0.2, -0.15) is 0 Å². The molecule has 0 radical (unpaired) electrons. The fraction of sp³-hybridized carbons (Fsp3) is 0.682. The van der Waals surface area contributed by atoms with Crippen LogP contribution in [0.2, 0.25) is 0 Å². The zero-order valence-electron chi connectivity index (χ0n) is 21.5. The molecule has 0 aliphatic rings. The number of carbonyl (C=O) groups excluding carboxylic acids is 1. The Morgan fingerprint density at radius 3 is 2.69 bits per heavy atom. The maximum Gasteiger partial charge on any atom is 0.365 e. The molecule has 0 unspecified atom stereocenters. The lowest BCUT2D eigenvalue weighted by Gasteiger charge is -2.29. The number of fused-ring (bicyclic) bond motifs is 1. The fourth-order valence-corrected chi connectivity index (χ4v) is 5.00. The summed E-state index contributed by atoms with van der Waals surface area (Å²) in [6.45, 7) is 11.2. The first-order chi connectivity index (χ1) is 16.5. The van der Waals surface area contributed by atoms with Crippen molar-refractivity contribution >= 4 is 36.2 Å². The molecule has 2 aromatic heterocycles. The standard InChI is InChI=1S/C22H38N7O5P/c1-7-8-9-10-11-32-21(30)22(5,6)28-35(31,34-27-16(2)3)15-33-17(4)12-29-14-26-18-19(23)24-13-25-20(18)29/h13-14,17H,7-12,15H2,1-6H3,(H,28,31)(H2,23,24,25)/t17-,35-/m1/s1. The van der Waals surface area contributed by atoms with Gasteiger partial charge in [0.25, 0.3) is 0 Å². The Labute approximate surface area is 206 Å². The number of carbonyl (C=O) groups is 1. The molecule has 0 amide bonds. The van der Waals surface area contributed by atoms with Crippen molar-refractivity contribution in [3.05, 3.63) is 12.7 Å². The summed E-state index contributed by atoms with van der Waals surface area (Å²) in [7, 11) is -3.73. The number of anilines is 1. The van der Waals surface area contributed by atoms with Crippen LogP contribution in [0.1, 0.15) is 67.2 Å². The van der Waals surface area contributed by atoms with Crippen LogP contribution in [0.4, 0.5) is 5.82 Å². The van der Waals surface area contributed by atoms with Gasteiger partial charge in [-0.3, -0.25) is 9.36 Å².